The Morgan fingerprint density at radius 3 is 2.22 bits per heavy atom. The number of methoxy groups -OCH3 is 2. The minimum Gasteiger partial charge on any atom is -0.496 e. The lowest BCUT2D eigenvalue weighted by Gasteiger charge is -2.26. The molecule has 0 aliphatic rings. The van der Waals surface area contributed by atoms with Crippen LogP contribution in [0.4, 0.5) is 23.5 Å². The maximum absolute atomic E-state index is 13.8. The Hall–Kier alpha value is -4.91. The van der Waals surface area contributed by atoms with Crippen LogP contribution in [0.25, 0.3) is 11.1 Å². The molecule has 4 aromatic rings. The quantitative estimate of drug-likeness (QED) is 0.0813. The predicted octanol–water partition coefficient (Wildman–Crippen LogP) is 8.24. The van der Waals surface area contributed by atoms with Gasteiger partial charge in [-0.2, -0.15) is 13.2 Å². The van der Waals surface area contributed by atoms with Crippen LogP contribution in [0, 0.1) is 0 Å². The number of aromatic nitrogens is 2. The van der Waals surface area contributed by atoms with Crippen LogP contribution in [-0.4, -0.2) is 55.1 Å². The fraction of sp³-hybridized carbons (Fsp3) is 0.378. The molecule has 4 rings (SSSR count). The summed E-state index contributed by atoms with van der Waals surface area (Å²) in [6, 6.07) is 14.7. The number of benzene rings is 3. The number of hydrogen-bond donors (Lipinski definition) is 1. The van der Waals surface area contributed by atoms with Gasteiger partial charge in [0.1, 0.15) is 24.8 Å². The van der Waals surface area contributed by atoms with E-state index in [0.717, 1.165) is 34.4 Å². The molecular formula is C37H41F4N3O6. The lowest BCUT2D eigenvalue weighted by atomic mass is 9.93. The molecule has 0 unspecified atom stereocenters. The largest absolute Gasteiger partial charge is 0.496 e. The Kier molecular flexibility index (Phi) is 13.4. The van der Waals surface area contributed by atoms with Crippen molar-refractivity contribution < 1.29 is 46.4 Å². The van der Waals surface area contributed by atoms with Crippen LogP contribution in [0.2, 0.25) is 0 Å². The monoisotopic (exact) mass is 699 g/mol. The van der Waals surface area contributed by atoms with E-state index in [4.69, 9.17) is 24.1 Å². The number of nitrogens with zero attached hydrogens (tertiary/aromatic N) is 3. The second-order valence-corrected chi connectivity index (χ2v) is 11.9. The van der Waals surface area contributed by atoms with Gasteiger partial charge in [0, 0.05) is 32.2 Å². The summed E-state index contributed by atoms with van der Waals surface area (Å²) >= 11 is 0. The lowest BCUT2D eigenvalue weighted by Crippen LogP contribution is -2.25. The standard InChI is InChI=1S/C37H41F4N3O6/c1-24(2)27-7-10-34(48-4)33(18-27)32-9-8-30(50-13-12-47-3)17-28(32)23-44(22-26-14-25(19-38)15-29(16-26)37(39,40)41)36-42-20-31(21-43-36)49-11-5-6-35(45)46/h7-10,14-18,20-21,24H,5-6,11-13,19,22-23H2,1-4H3,(H,45,46). The fourth-order valence-electron chi connectivity index (χ4n) is 5.27. The number of ether oxygens (including phenoxy) is 4. The molecule has 0 atom stereocenters. The van der Waals surface area contributed by atoms with Gasteiger partial charge in [-0.1, -0.05) is 32.0 Å². The number of rotatable bonds is 18. The molecule has 0 amide bonds. The van der Waals surface area contributed by atoms with Crippen molar-refractivity contribution in [3.05, 3.63) is 94.8 Å². The number of alkyl halides is 4. The number of hydrogen-bond acceptors (Lipinski definition) is 8. The highest BCUT2D eigenvalue weighted by atomic mass is 19.4. The molecule has 0 bridgehead atoms. The van der Waals surface area contributed by atoms with Crippen molar-refractivity contribution in [1.29, 1.82) is 0 Å². The van der Waals surface area contributed by atoms with Crippen LogP contribution < -0.4 is 19.1 Å². The summed E-state index contributed by atoms with van der Waals surface area (Å²) in [6.45, 7) is 3.87. The number of halogens is 4. The summed E-state index contributed by atoms with van der Waals surface area (Å²) in [5.41, 5.74) is 2.55. The van der Waals surface area contributed by atoms with E-state index in [9.17, 15) is 22.4 Å². The smallest absolute Gasteiger partial charge is 0.416 e. The van der Waals surface area contributed by atoms with Gasteiger partial charge >= 0.3 is 12.1 Å². The molecule has 9 nitrogen and oxygen atoms in total. The van der Waals surface area contributed by atoms with Crippen LogP contribution in [0.3, 0.4) is 0 Å². The summed E-state index contributed by atoms with van der Waals surface area (Å²) in [5, 5.41) is 8.89. The maximum Gasteiger partial charge on any atom is 0.416 e. The van der Waals surface area contributed by atoms with Gasteiger partial charge in [0.25, 0.3) is 0 Å². The second-order valence-electron chi connectivity index (χ2n) is 11.9. The molecule has 0 aliphatic carbocycles. The molecule has 3 aromatic carbocycles. The average molecular weight is 700 g/mol. The molecule has 1 N–H and O–H groups in total. The zero-order valence-corrected chi connectivity index (χ0v) is 28.4. The molecule has 50 heavy (non-hydrogen) atoms. The van der Waals surface area contributed by atoms with Crippen LogP contribution in [0.5, 0.6) is 17.2 Å². The summed E-state index contributed by atoms with van der Waals surface area (Å²) in [6.07, 6.45) is -1.64. The topological polar surface area (TPSA) is 103 Å². The minimum absolute atomic E-state index is 0.0635. The Morgan fingerprint density at radius 2 is 1.58 bits per heavy atom. The third-order valence-electron chi connectivity index (χ3n) is 7.78. The van der Waals surface area contributed by atoms with Crippen molar-refractivity contribution in [2.24, 2.45) is 0 Å². The van der Waals surface area contributed by atoms with Crippen LogP contribution >= 0.6 is 0 Å². The van der Waals surface area contributed by atoms with Gasteiger partial charge in [-0.3, -0.25) is 4.79 Å². The molecule has 0 aliphatic heterocycles. The number of carboxylic acid groups (broad SMARTS) is 1. The molecule has 1 heterocycles. The average Bonchev–Trinajstić information content (AvgIpc) is 3.09. The molecule has 13 heteroatoms. The number of carbonyl (C=O) groups is 1. The van der Waals surface area contributed by atoms with E-state index in [2.05, 4.69) is 23.8 Å². The summed E-state index contributed by atoms with van der Waals surface area (Å²) < 4.78 is 77.7. The van der Waals surface area contributed by atoms with E-state index in [1.165, 1.54) is 18.5 Å². The molecule has 0 fully saturated rings. The van der Waals surface area contributed by atoms with Crippen LogP contribution in [-0.2, 0) is 35.5 Å². The zero-order chi connectivity index (χ0) is 36.3. The Balaban J connectivity index is 1.81. The van der Waals surface area contributed by atoms with Gasteiger partial charge in [-0.15, -0.1) is 0 Å². The lowest BCUT2D eigenvalue weighted by molar-refractivity contribution is -0.138. The molecular weight excluding hydrogens is 658 g/mol. The van der Waals surface area contributed by atoms with E-state index in [-0.39, 0.29) is 55.5 Å². The Labute approximate surface area is 288 Å². The highest BCUT2D eigenvalue weighted by molar-refractivity contribution is 5.75. The molecule has 268 valence electrons. The van der Waals surface area contributed by atoms with E-state index in [1.54, 1.807) is 19.1 Å². The normalized spacial score (nSPS) is 11.5. The van der Waals surface area contributed by atoms with Gasteiger partial charge in [0.15, 0.2) is 5.75 Å². The van der Waals surface area contributed by atoms with Gasteiger partial charge in [-0.05, 0) is 76.6 Å². The predicted molar refractivity (Wildman–Crippen MR) is 180 cm³/mol. The van der Waals surface area contributed by atoms with Gasteiger partial charge in [0.05, 0.1) is 38.3 Å². The first-order chi connectivity index (χ1) is 23.9. The molecule has 0 saturated carbocycles. The molecule has 0 saturated heterocycles. The first-order valence-electron chi connectivity index (χ1n) is 16.0. The maximum atomic E-state index is 13.8. The van der Waals surface area contributed by atoms with E-state index in [1.807, 2.05) is 36.4 Å². The van der Waals surface area contributed by atoms with E-state index < -0.39 is 24.4 Å². The summed E-state index contributed by atoms with van der Waals surface area (Å²) in [5.74, 6) is 0.914. The summed E-state index contributed by atoms with van der Waals surface area (Å²) in [7, 11) is 3.15. The fourth-order valence-corrected chi connectivity index (χ4v) is 5.27. The van der Waals surface area contributed by atoms with Gasteiger partial charge in [0.2, 0.25) is 5.95 Å². The Morgan fingerprint density at radius 1 is 0.860 bits per heavy atom. The van der Waals surface area contributed by atoms with Crippen LogP contribution in [0.1, 0.15) is 60.4 Å². The zero-order valence-electron chi connectivity index (χ0n) is 28.4. The van der Waals surface area contributed by atoms with Crippen molar-refractivity contribution in [3.63, 3.8) is 0 Å². The third-order valence-corrected chi connectivity index (χ3v) is 7.78. The third kappa shape index (κ3) is 10.5. The highest BCUT2D eigenvalue weighted by Gasteiger charge is 2.31. The van der Waals surface area contributed by atoms with Gasteiger partial charge < -0.3 is 29.0 Å². The molecule has 0 spiro atoms. The van der Waals surface area contributed by atoms with Crippen molar-refractivity contribution in [1.82, 2.24) is 9.97 Å². The van der Waals surface area contributed by atoms with E-state index >= 15 is 0 Å². The SMILES string of the molecule is COCCOc1ccc(-c2cc(C(C)C)ccc2OC)c(CN(Cc2cc(CF)cc(C(F)(F)F)c2)c2ncc(OCCCC(=O)O)cn2)c1. The first kappa shape index (κ1) is 37.9. The first-order valence-corrected chi connectivity index (χ1v) is 16.0. The highest BCUT2D eigenvalue weighted by Crippen LogP contribution is 2.38. The van der Waals surface area contributed by atoms with Crippen molar-refractivity contribution in [2.45, 2.75) is 58.5 Å². The van der Waals surface area contributed by atoms with E-state index in [0.29, 0.717) is 30.5 Å². The van der Waals surface area contributed by atoms with Crippen molar-refractivity contribution in [3.8, 4) is 28.4 Å². The van der Waals surface area contributed by atoms with Gasteiger partial charge in [-0.25, -0.2) is 14.4 Å². The molecule has 0 radical (unpaired) electrons. The van der Waals surface area contributed by atoms with Crippen molar-refractivity contribution in [2.75, 3.05) is 38.9 Å². The number of aliphatic carboxylic acids is 1. The van der Waals surface area contributed by atoms with Crippen LogP contribution in [0.15, 0.2) is 67.0 Å². The van der Waals surface area contributed by atoms with Crippen molar-refractivity contribution >= 4 is 11.9 Å². The number of carboxylic acids is 1. The Bertz CT molecular complexity index is 1720. The summed E-state index contributed by atoms with van der Waals surface area (Å²) in [4.78, 5) is 21.4. The number of anilines is 1. The molecule has 1 aromatic heterocycles. The second kappa shape index (κ2) is 17.7. The minimum atomic E-state index is -4.68.